The Hall–Kier alpha value is -2.73. The summed E-state index contributed by atoms with van der Waals surface area (Å²) in [5.41, 5.74) is 2.13. The van der Waals surface area contributed by atoms with Gasteiger partial charge in [-0.05, 0) is 31.0 Å². The average molecular weight is 411 g/mol. The number of aromatic nitrogens is 1. The molecule has 2 atom stereocenters. The summed E-state index contributed by atoms with van der Waals surface area (Å²) in [6.45, 7) is 4.22. The van der Waals surface area contributed by atoms with Crippen LogP contribution >= 0.6 is 11.3 Å². The number of carbonyl (C=O) groups is 2. The first-order valence-corrected chi connectivity index (χ1v) is 10.7. The molecule has 1 N–H and O–H groups in total. The van der Waals surface area contributed by atoms with Gasteiger partial charge in [0.25, 0.3) is 5.91 Å². The van der Waals surface area contributed by atoms with E-state index in [4.69, 9.17) is 4.74 Å². The number of carbonyl (C=O) groups excluding carboxylic acids is 2. The number of nitrogens with one attached hydrogen (secondary N) is 1. The fourth-order valence-electron chi connectivity index (χ4n) is 3.14. The number of fused-ring (bicyclic) bond motifs is 1. The molecule has 0 aliphatic heterocycles. The standard InChI is InChI=1S/C23H26N2O3S/c1-3-17(18-9-5-4-6-10-18)15-24-23(27)16(2)28-22(26)14-13-21-25-19-11-7-8-12-20(19)29-21/h4-12,16-17H,3,13-15H2,1-2H3,(H,24,27)/t16-,17+/m0/s1. The molecule has 6 heteroatoms. The van der Waals surface area contributed by atoms with Gasteiger partial charge in [0, 0.05) is 18.9 Å². The molecule has 29 heavy (non-hydrogen) atoms. The lowest BCUT2D eigenvalue weighted by Gasteiger charge is -2.18. The number of rotatable bonds is 9. The van der Waals surface area contributed by atoms with Crippen LogP contribution in [0.1, 0.15) is 43.2 Å². The molecule has 0 unspecified atom stereocenters. The number of ether oxygens (including phenoxy) is 1. The Kier molecular flexibility index (Phi) is 7.36. The van der Waals surface area contributed by atoms with Crippen LogP contribution < -0.4 is 5.32 Å². The molecule has 0 saturated heterocycles. The Labute approximate surface area is 175 Å². The van der Waals surface area contributed by atoms with Crippen LogP contribution in [-0.4, -0.2) is 29.5 Å². The predicted molar refractivity (Wildman–Crippen MR) is 116 cm³/mol. The first-order chi connectivity index (χ1) is 14.1. The van der Waals surface area contributed by atoms with Crippen molar-refractivity contribution >= 4 is 33.4 Å². The van der Waals surface area contributed by atoms with Gasteiger partial charge in [-0.2, -0.15) is 0 Å². The Morgan fingerprint density at radius 1 is 1.10 bits per heavy atom. The first-order valence-electron chi connectivity index (χ1n) is 9.93. The maximum atomic E-state index is 12.3. The van der Waals surface area contributed by atoms with E-state index >= 15 is 0 Å². The lowest BCUT2D eigenvalue weighted by atomic mass is 9.96. The van der Waals surface area contributed by atoms with Crippen molar-refractivity contribution in [2.45, 2.75) is 45.1 Å². The summed E-state index contributed by atoms with van der Waals surface area (Å²) < 4.78 is 6.41. The summed E-state index contributed by atoms with van der Waals surface area (Å²) in [5.74, 6) is -0.420. The summed E-state index contributed by atoms with van der Waals surface area (Å²) in [7, 11) is 0. The third-order valence-electron chi connectivity index (χ3n) is 4.85. The van der Waals surface area contributed by atoms with Gasteiger partial charge in [-0.25, -0.2) is 4.98 Å². The Morgan fingerprint density at radius 3 is 2.55 bits per heavy atom. The van der Waals surface area contributed by atoms with Crippen LogP contribution in [0.2, 0.25) is 0 Å². The molecular weight excluding hydrogens is 384 g/mol. The van der Waals surface area contributed by atoms with E-state index in [9.17, 15) is 9.59 Å². The molecule has 0 spiro atoms. The lowest BCUT2D eigenvalue weighted by Crippen LogP contribution is -2.38. The first kappa shape index (κ1) is 21.0. The van der Waals surface area contributed by atoms with Crippen LogP contribution in [0.3, 0.4) is 0 Å². The third-order valence-corrected chi connectivity index (χ3v) is 5.94. The topological polar surface area (TPSA) is 68.3 Å². The molecule has 152 valence electrons. The van der Waals surface area contributed by atoms with Crippen molar-refractivity contribution in [1.82, 2.24) is 10.3 Å². The highest BCUT2D eigenvalue weighted by molar-refractivity contribution is 7.18. The van der Waals surface area contributed by atoms with Gasteiger partial charge in [-0.1, -0.05) is 49.4 Å². The van der Waals surface area contributed by atoms with Gasteiger partial charge in [0.2, 0.25) is 0 Å². The second kappa shape index (κ2) is 10.2. The maximum Gasteiger partial charge on any atom is 0.306 e. The number of nitrogens with zero attached hydrogens (tertiary/aromatic N) is 1. The van der Waals surface area contributed by atoms with E-state index in [0.717, 1.165) is 21.6 Å². The Bertz CT molecular complexity index is 922. The van der Waals surface area contributed by atoms with Crippen LogP contribution in [0, 0.1) is 0 Å². The minimum atomic E-state index is -0.814. The monoisotopic (exact) mass is 410 g/mol. The van der Waals surface area contributed by atoms with Gasteiger partial charge < -0.3 is 10.1 Å². The highest BCUT2D eigenvalue weighted by atomic mass is 32.1. The molecule has 0 aliphatic carbocycles. The number of esters is 1. The van der Waals surface area contributed by atoms with Crippen LogP contribution in [0.15, 0.2) is 54.6 Å². The number of hydrogen-bond acceptors (Lipinski definition) is 5. The fraction of sp³-hybridized carbons (Fsp3) is 0.348. The van der Waals surface area contributed by atoms with Crippen molar-refractivity contribution in [2.75, 3.05) is 6.54 Å². The van der Waals surface area contributed by atoms with Gasteiger partial charge in [-0.3, -0.25) is 9.59 Å². The average Bonchev–Trinajstić information content (AvgIpc) is 3.16. The molecule has 0 radical (unpaired) electrons. The van der Waals surface area contributed by atoms with Crippen LogP contribution in [-0.2, 0) is 20.7 Å². The molecule has 2 aromatic carbocycles. The number of para-hydroxylation sites is 1. The minimum absolute atomic E-state index is 0.207. The van der Waals surface area contributed by atoms with E-state index < -0.39 is 6.10 Å². The smallest absolute Gasteiger partial charge is 0.306 e. The molecule has 0 fully saturated rings. The zero-order chi connectivity index (χ0) is 20.6. The van der Waals surface area contributed by atoms with Crippen molar-refractivity contribution in [3.05, 3.63) is 65.2 Å². The molecule has 0 aliphatic rings. The second-order valence-corrected chi connectivity index (χ2v) is 8.08. The zero-order valence-electron chi connectivity index (χ0n) is 16.8. The maximum absolute atomic E-state index is 12.3. The minimum Gasteiger partial charge on any atom is -0.453 e. The summed E-state index contributed by atoms with van der Waals surface area (Å²) in [4.78, 5) is 29.0. The highest BCUT2D eigenvalue weighted by Crippen LogP contribution is 2.22. The zero-order valence-corrected chi connectivity index (χ0v) is 17.6. The van der Waals surface area contributed by atoms with Gasteiger partial charge in [0.15, 0.2) is 6.10 Å². The van der Waals surface area contributed by atoms with Crippen molar-refractivity contribution in [3.8, 4) is 0 Å². The van der Waals surface area contributed by atoms with E-state index in [1.807, 2.05) is 42.5 Å². The number of amides is 1. The van der Waals surface area contributed by atoms with Gasteiger partial charge >= 0.3 is 5.97 Å². The van der Waals surface area contributed by atoms with Crippen LogP contribution in [0.4, 0.5) is 0 Å². The molecule has 3 aromatic rings. The van der Waals surface area contributed by atoms with Crippen LogP contribution in [0.25, 0.3) is 10.2 Å². The molecule has 3 rings (SSSR count). The predicted octanol–water partition coefficient (Wildman–Crippen LogP) is 4.47. The van der Waals surface area contributed by atoms with Gasteiger partial charge in [-0.15, -0.1) is 11.3 Å². The van der Waals surface area contributed by atoms with Crippen molar-refractivity contribution < 1.29 is 14.3 Å². The number of hydrogen-bond donors (Lipinski definition) is 1. The van der Waals surface area contributed by atoms with Gasteiger partial charge in [0.1, 0.15) is 0 Å². The molecular formula is C23H26N2O3S. The number of benzene rings is 2. The summed E-state index contributed by atoms with van der Waals surface area (Å²) in [6, 6.07) is 18.0. The van der Waals surface area contributed by atoms with Crippen molar-refractivity contribution in [2.24, 2.45) is 0 Å². The molecule has 5 nitrogen and oxygen atoms in total. The highest BCUT2D eigenvalue weighted by Gasteiger charge is 2.19. The quantitative estimate of drug-likeness (QED) is 0.529. The fourth-order valence-corrected chi connectivity index (χ4v) is 4.10. The largest absolute Gasteiger partial charge is 0.453 e. The third kappa shape index (κ3) is 5.87. The Morgan fingerprint density at radius 2 is 1.83 bits per heavy atom. The van der Waals surface area contributed by atoms with E-state index in [-0.39, 0.29) is 24.2 Å². The summed E-state index contributed by atoms with van der Waals surface area (Å²) in [5, 5.41) is 3.80. The van der Waals surface area contributed by atoms with E-state index in [2.05, 4.69) is 29.4 Å². The molecule has 0 bridgehead atoms. The number of thiazole rings is 1. The molecule has 1 aromatic heterocycles. The van der Waals surface area contributed by atoms with E-state index in [1.165, 1.54) is 5.56 Å². The van der Waals surface area contributed by atoms with Crippen LogP contribution in [0.5, 0.6) is 0 Å². The van der Waals surface area contributed by atoms with Crippen molar-refractivity contribution in [3.63, 3.8) is 0 Å². The second-order valence-electron chi connectivity index (χ2n) is 6.97. The SMILES string of the molecule is CC[C@H](CNC(=O)[C@H](C)OC(=O)CCc1nc2ccccc2s1)c1ccccc1. The Balaban J connectivity index is 1.44. The van der Waals surface area contributed by atoms with Gasteiger partial charge in [0.05, 0.1) is 21.6 Å². The molecule has 1 heterocycles. The summed E-state index contributed by atoms with van der Waals surface area (Å²) in [6.07, 6.45) is 0.823. The number of aryl methyl sites for hydroxylation is 1. The lowest BCUT2D eigenvalue weighted by molar-refractivity contribution is -0.154. The molecule has 0 saturated carbocycles. The normalized spacial score (nSPS) is 13.0. The summed E-state index contributed by atoms with van der Waals surface area (Å²) >= 11 is 1.58. The van der Waals surface area contributed by atoms with E-state index in [1.54, 1.807) is 18.3 Å². The van der Waals surface area contributed by atoms with E-state index in [0.29, 0.717) is 13.0 Å². The van der Waals surface area contributed by atoms with Crippen molar-refractivity contribution in [1.29, 1.82) is 0 Å². The molecule has 1 amide bonds.